The standard InChI is InChI=1S/C17H19ClFN5O2S/c1-16(2,3)26-14(25)17-4-8(19)9-5-23(6-10(17)24(9)17)12-11-13(27-7-20-11)22-15(18)21-12/h7-10H,4-6H2,1-3H3. The van der Waals surface area contributed by atoms with E-state index in [9.17, 15) is 9.18 Å². The van der Waals surface area contributed by atoms with Crippen molar-refractivity contribution in [1.82, 2.24) is 19.9 Å². The zero-order chi connectivity index (χ0) is 19.1. The molecule has 0 radical (unpaired) electrons. The molecule has 27 heavy (non-hydrogen) atoms. The first kappa shape index (κ1) is 17.5. The lowest BCUT2D eigenvalue weighted by Gasteiger charge is -2.34. The highest BCUT2D eigenvalue weighted by Crippen LogP contribution is 2.58. The van der Waals surface area contributed by atoms with Crippen LogP contribution in [0.5, 0.6) is 0 Å². The summed E-state index contributed by atoms with van der Waals surface area (Å²) in [6, 6.07) is -0.445. The Kier molecular flexibility index (Phi) is 3.56. The molecule has 0 N–H and O–H groups in total. The van der Waals surface area contributed by atoms with Gasteiger partial charge < -0.3 is 9.64 Å². The number of piperidine rings is 1. The first-order valence-corrected chi connectivity index (χ1v) is 10.1. The van der Waals surface area contributed by atoms with Crippen LogP contribution in [-0.2, 0) is 9.53 Å². The number of nitrogens with zero attached hydrogens (tertiary/aromatic N) is 5. The molecule has 5 heterocycles. The molecule has 0 amide bonds. The molecule has 5 atom stereocenters. The predicted molar refractivity (Wildman–Crippen MR) is 99.9 cm³/mol. The van der Waals surface area contributed by atoms with Crippen LogP contribution in [0.4, 0.5) is 10.2 Å². The number of carbonyl (C=O) groups excluding carboxylic acids is 1. The molecule has 0 spiro atoms. The lowest BCUT2D eigenvalue weighted by Crippen LogP contribution is -2.49. The van der Waals surface area contributed by atoms with Crippen molar-refractivity contribution in [2.75, 3.05) is 18.0 Å². The molecule has 0 aliphatic carbocycles. The smallest absolute Gasteiger partial charge is 0.328 e. The fraction of sp³-hybridized carbons (Fsp3) is 0.647. The van der Waals surface area contributed by atoms with Crippen LogP contribution in [0, 0.1) is 0 Å². The summed E-state index contributed by atoms with van der Waals surface area (Å²) in [4.78, 5) is 30.4. The maximum absolute atomic E-state index is 14.8. The van der Waals surface area contributed by atoms with Gasteiger partial charge in [-0.05, 0) is 32.4 Å². The normalized spacial score (nSPS) is 34.6. The Morgan fingerprint density at radius 3 is 2.93 bits per heavy atom. The van der Waals surface area contributed by atoms with Gasteiger partial charge in [0.25, 0.3) is 0 Å². The van der Waals surface area contributed by atoms with Gasteiger partial charge in [0.2, 0.25) is 5.28 Å². The van der Waals surface area contributed by atoms with Gasteiger partial charge in [0.1, 0.15) is 22.8 Å². The molecule has 0 bridgehead atoms. The number of esters is 1. The Morgan fingerprint density at radius 1 is 1.41 bits per heavy atom. The van der Waals surface area contributed by atoms with Crippen LogP contribution >= 0.6 is 22.9 Å². The zero-order valence-electron chi connectivity index (χ0n) is 15.1. The van der Waals surface area contributed by atoms with Crippen molar-refractivity contribution in [3.05, 3.63) is 10.8 Å². The molecule has 10 heteroatoms. The van der Waals surface area contributed by atoms with Crippen LogP contribution in [-0.4, -0.2) is 68.3 Å². The molecule has 144 valence electrons. The second kappa shape index (κ2) is 5.48. The van der Waals surface area contributed by atoms with E-state index in [-0.39, 0.29) is 29.8 Å². The van der Waals surface area contributed by atoms with Crippen molar-refractivity contribution in [2.45, 2.75) is 56.6 Å². The van der Waals surface area contributed by atoms with Crippen molar-refractivity contribution >= 4 is 45.1 Å². The second-order valence-electron chi connectivity index (χ2n) is 8.36. The number of carbonyl (C=O) groups is 1. The van der Waals surface area contributed by atoms with Crippen molar-refractivity contribution in [1.29, 1.82) is 0 Å². The van der Waals surface area contributed by atoms with Gasteiger partial charge in [-0.1, -0.05) is 0 Å². The summed E-state index contributed by atoms with van der Waals surface area (Å²) in [5, 5.41) is 0.142. The van der Waals surface area contributed by atoms with E-state index >= 15 is 0 Å². The van der Waals surface area contributed by atoms with Gasteiger partial charge in [0.05, 0.1) is 17.6 Å². The number of piperazine rings is 1. The highest BCUT2D eigenvalue weighted by atomic mass is 35.5. The Morgan fingerprint density at radius 2 is 2.19 bits per heavy atom. The quantitative estimate of drug-likeness (QED) is 0.427. The first-order valence-electron chi connectivity index (χ1n) is 8.88. The summed E-state index contributed by atoms with van der Waals surface area (Å²) >= 11 is 7.46. The maximum Gasteiger partial charge on any atom is 0.328 e. The summed E-state index contributed by atoms with van der Waals surface area (Å²) in [7, 11) is 0. The van der Waals surface area contributed by atoms with E-state index in [4.69, 9.17) is 16.3 Å². The molecule has 2 aromatic rings. The number of rotatable bonds is 2. The van der Waals surface area contributed by atoms with E-state index in [1.165, 1.54) is 11.3 Å². The molecular formula is C17H19ClFN5O2S. The van der Waals surface area contributed by atoms with Crippen LogP contribution in [0.25, 0.3) is 10.3 Å². The molecule has 0 saturated carbocycles. The number of fused-ring (bicyclic) bond motifs is 2. The van der Waals surface area contributed by atoms with Gasteiger partial charge in [0.15, 0.2) is 10.6 Å². The van der Waals surface area contributed by atoms with Crippen molar-refractivity contribution < 1.29 is 13.9 Å². The minimum absolute atomic E-state index is 0.0828. The van der Waals surface area contributed by atoms with Crippen LogP contribution in [0.1, 0.15) is 27.2 Å². The summed E-state index contributed by atoms with van der Waals surface area (Å²) in [5.74, 6) is 0.279. The molecule has 3 saturated heterocycles. The Balaban J connectivity index is 1.48. The SMILES string of the molecule is CC(C)(C)OC(=O)C12CC(F)C3CN(c4nc(Cl)nc5scnc45)CC1N32. The number of halogens is 2. The fourth-order valence-corrected chi connectivity index (χ4v) is 5.42. The van der Waals surface area contributed by atoms with E-state index in [2.05, 4.69) is 15.0 Å². The summed E-state index contributed by atoms with van der Waals surface area (Å²) in [6.07, 6.45) is -0.887. The maximum atomic E-state index is 14.8. The van der Waals surface area contributed by atoms with E-state index in [0.717, 1.165) is 0 Å². The van der Waals surface area contributed by atoms with Crippen LogP contribution < -0.4 is 4.90 Å². The Labute approximate surface area is 164 Å². The number of thiazole rings is 1. The minimum atomic E-state index is -1.08. The molecule has 2 aromatic heterocycles. The van der Waals surface area contributed by atoms with Gasteiger partial charge in [-0.15, -0.1) is 11.3 Å². The number of alkyl halides is 1. The number of hydrogen-bond donors (Lipinski definition) is 0. The van der Waals surface area contributed by atoms with E-state index in [1.54, 1.807) is 5.51 Å². The molecular weight excluding hydrogens is 393 g/mol. The molecule has 3 aliphatic rings. The summed E-state index contributed by atoms with van der Waals surface area (Å²) < 4.78 is 20.4. The molecule has 0 aromatic carbocycles. The third kappa shape index (κ3) is 2.48. The van der Waals surface area contributed by atoms with Crippen LogP contribution in [0.15, 0.2) is 5.51 Å². The Hall–Kier alpha value is -1.58. The van der Waals surface area contributed by atoms with Crippen LogP contribution in [0.3, 0.4) is 0 Å². The average Bonchev–Trinajstić information content (AvgIpc) is 2.88. The third-order valence-corrected chi connectivity index (χ3v) is 6.45. The molecule has 7 nitrogen and oxygen atoms in total. The number of ether oxygens (including phenoxy) is 1. The lowest BCUT2D eigenvalue weighted by molar-refractivity contribution is -0.159. The van der Waals surface area contributed by atoms with Crippen molar-refractivity contribution in [3.63, 3.8) is 0 Å². The average molecular weight is 412 g/mol. The minimum Gasteiger partial charge on any atom is -0.459 e. The van der Waals surface area contributed by atoms with Gasteiger partial charge >= 0.3 is 5.97 Å². The molecule has 5 unspecified atom stereocenters. The van der Waals surface area contributed by atoms with Gasteiger partial charge in [-0.3, -0.25) is 4.90 Å². The lowest BCUT2D eigenvalue weighted by atomic mass is 9.94. The topological polar surface area (TPSA) is 71.2 Å². The first-order chi connectivity index (χ1) is 12.7. The highest BCUT2D eigenvalue weighted by molar-refractivity contribution is 7.16. The fourth-order valence-electron chi connectivity index (χ4n) is 4.55. The van der Waals surface area contributed by atoms with E-state index in [0.29, 0.717) is 29.3 Å². The second-order valence-corrected chi connectivity index (χ2v) is 9.54. The van der Waals surface area contributed by atoms with Crippen LogP contribution in [0.2, 0.25) is 5.28 Å². The van der Waals surface area contributed by atoms with Gasteiger partial charge in [-0.25, -0.2) is 19.2 Å². The predicted octanol–water partition coefficient (Wildman–Crippen LogP) is 2.43. The highest BCUT2D eigenvalue weighted by Gasteiger charge is 2.78. The molecule has 3 aliphatic heterocycles. The summed E-state index contributed by atoms with van der Waals surface area (Å²) in [6.45, 7) is 6.48. The monoisotopic (exact) mass is 411 g/mol. The van der Waals surface area contributed by atoms with Crippen molar-refractivity contribution in [2.24, 2.45) is 0 Å². The van der Waals surface area contributed by atoms with E-state index < -0.39 is 17.3 Å². The number of anilines is 1. The van der Waals surface area contributed by atoms with Crippen molar-refractivity contribution in [3.8, 4) is 0 Å². The third-order valence-electron chi connectivity index (χ3n) is 5.57. The number of hydrogen-bond acceptors (Lipinski definition) is 8. The molecule has 5 rings (SSSR count). The van der Waals surface area contributed by atoms with Gasteiger partial charge in [-0.2, -0.15) is 4.98 Å². The largest absolute Gasteiger partial charge is 0.459 e. The van der Waals surface area contributed by atoms with Gasteiger partial charge in [0, 0.05) is 19.5 Å². The number of aromatic nitrogens is 3. The van der Waals surface area contributed by atoms with E-state index in [1.807, 2.05) is 30.6 Å². The molecule has 3 fully saturated rings. The Bertz CT molecular complexity index is 949. The summed E-state index contributed by atoms with van der Waals surface area (Å²) in [5.41, 5.74) is 0.897. The zero-order valence-corrected chi connectivity index (χ0v) is 16.7.